The molecular formula is C18H35N3O. The summed E-state index contributed by atoms with van der Waals surface area (Å²) in [6.45, 7) is 13.2. The fourth-order valence-electron chi connectivity index (χ4n) is 3.85. The lowest BCUT2D eigenvalue weighted by Gasteiger charge is -2.34. The lowest BCUT2D eigenvalue weighted by atomic mass is 9.95. The highest BCUT2D eigenvalue weighted by molar-refractivity contribution is 5.78. The lowest BCUT2D eigenvalue weighted by Crippen LogP contribution is -2.45. The monoisotopic (exact) mass is 309 g/mol. The second-order valence-electron chi connectivity index (χ2n) is 7.64. The summed E-state index contributed by atoms with van der Waals surface area (Å²) in [5, 5.41) is 3.18. The van der Waals surface area contributed by atoms with Crippen molar-refractivity contribution in [3.05, 3.63) is 0 Å². The minimum atomic E-state index is 0.238. The Labute approximate surface area is 136 Å². The Morgan fingerprint density at radius 3 is 2.50 bits per heavy atom. The van der Waals surface area contributed by atoms with Gasteiger partial charge >= 0.3 is 0 Å². The van der Waals surface area contributed by atoms with Crippen LogP contribution in [-0.2, 0) is 4.79 Å². The number of hydrogen-bond acceptors (Lipinski definition) is 3. The largest absolute Gasteiger partial charge is 0.355 e. The fourth-order valence-corrected chi connectivity index (χ4v) is 3.85. The van der Waals surface area contributed by atoms with Gasteiger partial charge in [0.05, 0.1) is 0 Å². The van der Waals surface area contributed by atoms with Gasteiger partial charge in [-0.25, -0.2) is 0 Å². The van der Waals surface area contributed by atoms with Gasteiger partial charge in [-0.2, -0.15) is 0 Å². The molecule has 1 amide bonds. The molecular weight excluding hydrogens is 274 g/mol. The van der Waals surface area contributed by atoms with Crippen molar-refractivity contribution in [1.29, 1.82) is 0 Å². The van der Waals surface area contributed by atoms with E-state index in [0.29, 0.717) is 6.04 Å². The Morgan fingerprint density at radius 2 is 1.86 bits per heavy atom. The van der Waals surface area contributed by atoms with Gasteiger partial charge in [0.15, 0.2) is 0 Å². The molecule has 0 unspecified atom stereocenters. The van der Waals surface area contributed by atoms with E-state index in [-0.39, 0.29) is 11.8 Å². The number of likely N-dealkylation sites (tertiary alicyclic amines) is 2. The molecule has 4 nitrogen and oxygen atoms in total. The van der Waals surface area contributed by atoms with Crippen LogP contribution in [0, 0.1) is 11.8 Å². The number of nitrogens with zero attached hydrogens (tertiary/aromatic N) is 2. The second-order valence-corrected chi connectivity index (χ2v) is 7.64. The van der Waals surface area contributed by atoms with Gasteiger partial charge in [-0.1, -0.05) is 20.3 Å². The zero-order valence-electron chi connectivity index (χ0n) is 14.8. The Kier molecular flexibility index (Phi) is 7.16. The summed E-state index contributed by atoms with van der Waals surface area (Å²) >= 11 is 0. The molecule has 2 fully saturated rings. The fraction of sp³-hybridized carbons (Fsp3) is 0.944. The first-order valence-corrected chi connectivity index (χ1v) is 9.30. The zero-order valence-corrected chi connectivity index (χ0v) is 14.8. The van der Waals surface area contributed by atoms with Crippen LogP contribution < -0.4 is 5.32 Å². The van der Waals surface area contributed by atoms with Crippen LogP contribution in [0.2, 0.25) is 0 Å². The van der Waals surface area contributed by atoms with Crippen molar-refractivity contribution in [3.63, 3.8) is 0 Å². The van der Waals surface area contributed by atoms with Crippen LogP contribution in [0.25, 0.3) is 0 Å². The van der Waals surface area contributed by atoms with Gasteiger partial charge < -0.3 is 10.2 Å². The smallest absolute Gasteiger partial charge is 0.223 e. The first-order chi connectivity index (χ1) is 10.6. The third-order valence-corrected chi connectivity index (χ3v) is 5.22. The quantitative estimate of drug-likeness (QED) is 0.818. The van der Waals surface area contributed by atoms with Crippen molar-refractivity contribution in [2.75, 3.05) is 39.3 Å². The van der Waals surface area contributed by atoms with E-state index in [1.807, 2.05) is 0 Å². The van der Waals surface area contributed by atoms with E-state index >= 15 is 0 Å². The topological polar surface area (TPSA) is 35.6 Å². The molecule has 2 rings (SSSR count). The lowest BCUT2D eigenvalue weighted by molar-refractivity contribution is -0.126. The van der Waals surface area contributed by atoms with Crippen LogP contribution in [0.1, 0.15) is 52.9 Å². The molecule has 0 saturated carbocycles. The summed E-state index contributed by atoms with van der Waals surface area (Å²) in [5.74, 6) is 1.24. The summed E-state index contributed by atoms with van der Waals surface area (Å²) in [5.41, 5.74) is 0. The maximum Gasteiger partial charge on any atom is 0.223 e. The van der Waals surface area contributed by atoms with Gasteiger partial charge in [0, 0.05) is 31.6 Å². The van der Waals surface area contributed by atoms with Gasteiger partial charge in [-0.3, -0.25) is 9.69 Å². The molecule has 128 valence electrons. The predicted molar refractivity (Wildman–Crippen MR) is 91.9 cm³/mol. The summed E-state index contributed by atoms with van der Waals surface area (Å²) in [4.78, 5) is 17.3. The molecule has 0 aromatic heterocycles. The van der Waals surface area contributed by atoms with Crippen molar-refractivity contribution < 1.29 is 4.79 Å². The van der Waals surface area contributed by atoms with E-state index in [1.54, 1.807) is 0 Å². The van der Waals surface area contributed by atoms with Crippen molar-refractivity contribution in [1.82, 2.24) is 15.1 Å². The Morgan fingerprint density at radius 1 is 1.14 bits per heavy atom. The first kappa shape index (κ1) is 17.7. The summed E-state index contributed by atoms with van der Waals surface area (Å²) in [6, 6.07) is 0.685. The second kappa shape index (κ2) is 8.88. The molecule has 0 aliphatic carbocycles. The Balaban J connectivity index is 1.61. The molecule has 2 aliphatic heterocycles. The maximum absolute atomic E-state index is 12.3. The highest BCUT2D eigenvalue weighted by Crippen LogP contribution is 2.18. The molecule has 0 bridgehead atoms. The molecule has 2 heterocycles. The Hall–Kier alpha value is -0.610. The molecule has 0 spiro atoms. The molecule has 0 aromatic carbocycles. The van der Waals surface area contributed by atoms with Crippen molar-refractivity contribution in [2.24, 2.45) is 11.8 Å². The SMILES string of the molecule is CC(C)CN1CCC(C(=O)NCCN2CCCC[C@H]2C)CC1. The number of carbonyl (C=O) groups excluding carboxylic acids is 1. The predicted octanol–water partition coefficient (Wildman–Crippen LogP) is 2.34. The Bertz CT molecular complexity index is 337. The van der Waals surface area contributed by atoms with Gasteiger partial charge in [0.2, 0.25) is 5.91 Å². The molecule has 1 N–H and O–H groups in total. The van der Waals surface area contributed by atoms with Crippen LogP contribution in [-0.4, -0.2) is 61.0 Å². The highest BCUT2D eigenvalue weighted by Gasteiger charge is 2.25. The van der Waals surface area contributed by atoms with Gasteiger partial charge in [-0.05, 0) is 58.2 Å². The van der Waals surface area contributed by atoms with Crippen LogP contribution in [0.4, 0.5) is 0 Å². The van der Waals surface area contributed by atoms with Crippen LogP contribution in [0.3, 0.4) is 0 Å². The minimum Gasteiger partial charge on any atom is -0.355 e. The molecule has 0 radical (unpaired) electrons. The molecule has 1 atom stereocenters. The number of hydrogen-bond donors (Lipinski definition) is 1. The van der Waals surface area contributed by atoms with Gasteiger partial charge in [0.1, 0.15) is 0 Å². The number of piperidine rings is 2. The highest BCUT2D eigenvalue weighted by atomic mass is 16.1. The molecule has 0 aromatic rings. The molecule has 4 heteroatoms. The molecule has 22 heavy (non-hydrogen) atoms. The first-order valence-electron chi connectivity index (χ1n) is 9.30. The van der Waals surface area contributed by atoms with Gasteiger partial charge in [-0.15, -0.1) is 0 Å². The van der Waals surface area contributed by atoms with Crippen LogP contribution >= 0.6 is 0 Å². The average molecular weight is 309 g/mol. The zero-order chi connectivity index (χ0) is 15.9. The maximum atomic E-state index is 12.3. The van der Waals surface area contributed by atoms with Gasteiger partial charge in [0.25, 0.3) is 0 Å². The normalized spacial score (nSPS) is 25.5. The van der Waals surface area contributed by atoms with E-state index in [4.69, 9.17) is 0 Å². The van der Waals surface area contributed by atoms with E-state index in [2.05, 4.69) is 35.9 Å². The number of rotatable bonds is 6. The summed E-state index contributed by atoms with van der Waals surface area (Å²) < 4.78 is 0. The van der Waals surface area contributed by atoms with Crippen molar-refractivity contribution in [2.45, 2.75) is 58.9 Å². The van der Waals surface area contributed by atoms with E-state index < -0.39 is 0 Å². The van der Waals surface area contributed by atoms with E-state index in [9.17, 15) is 4.79 Å². The standard InChI is InChI=1S/C18H35N3O/c1-15(2)14-20-11-7-17(8-12-20)18(22)19-9-13-21-10-5-4-6-16(21)3/h15-17H,4-14H2,1-3H3,(H,19,22)/t16-/m1/s1. The van der Waals surface area contributed by atoms with E-state index in [1.165, 1.54) is 32.4 Å². The van der Waals surface area contributed by atoms with Crippen LogP contribution in [0.5, 0.6) is 0 Å². The third-order valence-electron chi connectivity index (χ3n) is 5.22. The number of amides is 1. The minimum absolute atomic E-state index is 0.238. The third kappa shape index (κ3) is 5.54. The number of carbonyl (C=O) groups is 1. The van der Waals surface area contributed by atoms with Crippen molar-refractivity contribution >= 4 is 5.91 Å². The van der Waals surface area contributed by atoms with Crippen molar-refractivity contribution in [3.8, 4) is 0 Å². The molecule has 2 aliphatic rings. The van der Waals surface area contributed by atoms with E-state index in [0.717, 1.165) is 44.9 Å². The van der Waals surface area contributed by atoms with Crippen LogP contribution in [0.15, 0.2) is 0 Å². The molecule has 2 saturated heterocycles. The number of nitrogens with one attached hydrogen (secondary N) is 1. The average Bonchev–Trinajstić information content (AvgIpc) is 2.49. The summed E-state index contributed by atoms with van der Waals surface area (Å²) in [6.07, 6.45) is 6.03. The summed E-state index contributed by atoms with van der Waals surface area (Å²) in [7, 11) is 0.